The summed E-state index contributed by atoms with van der Waals surface area (Å²) in [7, 11) is 0. The Hall–Kier alpha value is -2.83. The number of benzene rings is 2. The number of carbonyl (C=O) groups excluding carboxylic acids is 2. The summed E-state index contributed by atoms with van der Waals surface area (Å²) in [5, 5.41) is 0. The first kappa shape index (κ1) is 17.6. The first-order valence-electron chi connectivity index (χ1n) is 8.56. The van der Waals surface area contributed by atoms with Crippen molar-refractivity contribution in [3.63, 3.8) is 0 Å². The molecule has 0 N–H and O–H groups in total. The monoisotopic (exact) mass is 379 g/mol. The smallest absolute Gasteiger partial charge is 0.264 e. The molecule has 0 saturated heterocycles. The van der Waals surface area contributed by atoms with Crippen molar-refractivity contribution < 1.29 is 18.0 Å². The molecule has 2 aromatic carbocycles. The molecule has 136 valence electrons. The van der Waals surface area contributed by atoms with Crippen molar-refractivity contribution in [2.75, 3.05) is 0 Å². The number of ketones is 2. The molecule has 5 nitrogen and oxygen atoms in total. The number of fused-ring (bicyclic) bond motifs is 1. The van der Waals surface area contributed by atoms with E-state index in [9.17, 15) is 13.8 Å². The first-order valence-corrected chi connectivity index (χ1v) is 9.59. The molecule has 0 bridgehead atoms. The zero-order valence-electron chi connectivity index (χ0n) is 14.4. The second kappa shape index (κ2) is 7.42. The number of Topliss-reactive ketones (excluding diaryl/α,β-unsaturated/α-hetero) is 1. The molecule has 1 heterocycles. The van der Waals surface area contributed by atoms with E-state index in [0.29, 0.717) is 5.57 Å². The predicted octanol–water partition coefficient (Wildman–Crippen LogP) is 2.83. The number of carbonyl (C=O) groups is 2. The van der Waals surface area contributed by atoms with Gasteiger partial charge in [-0.25, -0.2) is 4.21 Å². The maximum Gasteiger partial charge on any atom is 0.264 e. The fourth-order valence-electron chi connectivity index (χ4n) is 3.33. The van der Waals surface area contributed by atoms with Gasteiger partial charge in [-0.05, 0) is 22.8 Å². The summed E-state index contributed by atoms with van der Waals surface area (Å²) in [6, 6.07) is 18.3. The molecule has 0 aromatic heterocycles. The zero-order chi connectivity index (χ0) is 18.8. The summed E-state index contributed by atoms with van der Waals surface area (Å²) in [6.07, 6.45) is 4.56. The molecule has 0 spiro atoms. The number of hydrogen-bond acceptors (Lipinski definition) is 4. The Balaban J connectivity index is 1.62. The molecule has 3 atom stereocenters. The van der Waals surface area contributed by atoms with Gasteiger partial charge in [0.15, 0.2) is 0 Å². The lowest BCUT2D eigenvalue weighted by Crippen LogP contribution is -2.41. The van der Waals surface area contributed by atoms with Crippen molar-refractivity contribution in [2.24, 2.45) is 5.92 Å². The highest BCUT2D eigenvalue weighted by Crippen LogP contribution is 2.39. The highest BCUT2D eigenvalue weighted by atomic mass is 32.2. The van der Waals surface area contributed by atoms with Gasteiger partial charge in [-0.3, -0.25) is 18.1 Å². The molecule has 2 aliphatic rings. The minimum atomic E-state index is -1.79. The van der Waals surface area contributed by atoms with Gasteiger partial charge >= 0.3 is 0 Å². The van der Waals surface area contributed by atoms with E-state index in [1.807, 2.05) is 60.7 Å². The van der Waals surface area contributed by atoms with Gasteiger partial charge in [-0.2, -0.15) is 0 Å². The molecule has 1 aliphatic carbocycles. The predicted molar refractivity (Wildman–Crippen MR) is 102 cm³/mol. The molecule has 27 heavy (non-hydrogen) atoms. The minimum absolute atomic E-state index is 0.187. The van der Waals surface area contributed by atoms with Gasteiger partial charge < -0.3 is 0 Å². The number of hydrogen-bond donors (Lipinski definition) is 0. The standard InChI is InChI=1S/C21H17NO4S/c23-19-12-11-18-20(21(19)24)17(16-9-5-2-6-10-16)13-22(18)27(25)26-14-15-7-3-1-4-8-15/h1-13,18,20H,14H2. The van der Waals surface area contributed by atoms with E-state index in [-0.39, 0.29) is 6.61 Å². The molecule has 0 saturated carbocycles. The number of allylic oxidation sites excluding steroid dienone is 1. The Morgan fingerprint density at radius 1 is 0.963 bits per heavy atom. The molecule has 6 heteroatoms. The summed E-state index contributed by atoms with van der Waals surface area (Å²) in [6.45, 7) is 0.187. The number of nitrogens with zero attached hydrogens (tertiary/aromatic N) is 1. The highest BCUT2D eigenvalue weighted by molar-refractivity contribution is 7.77. The van der Waals surface area contributed by atoms with E-state index >= 15 is 0 Å². The van der Waals surface area contributed by atoms with Gasteiger partial charge in [0.05, 0.1) is 18.6 Å². The lowest BCUT2D eigenvalue weighted by molar-refractivity contribution is -0.136. The van der Waals surface area contributed by atoms with E-state index in [2.05, 4.69) is 0 Å². The van der Waals surface area contributed by atoms with Crippen molar-refractivity contribution in [1.82, 2.24) is 4.31 Å². The molecule has 0 radical (unpaired) electrons. The average Bonchev–Trinajstić information content (AvgIpc) is 3.11. The first-order chi connectivity index (χ1) is 13.1. The van der Waals surface area contributed by atoms with E-state index in [0.717, 1.165) is 11.1 Å². The Bertz CT molecular complexity index is 953. The van der Waals surface area contributed by atoms with Crippen molar-refractivity contribution in [3.8, 4) is 0 Å². The zero-order valence-corrected chi connectivity index (χ0v) is 15.2. The van der Waals surface area contributed by atoms with E-state index in [1.54, 1.807) is 12.3 Å². The Morgan fingerprint density at radius 3 is 2.33 bits per heavy atom. The summed E-state index contributed by atoms with van der Waals surface area (Å²) >= 11 is -1.79. The summed E-state index contributed by atoms with van der Waals surface area (Å²) < 4.78 is 19.8. The van der Waals surface area contributed by atoms with Crippen molar-refractivity contribution in [1.29, 1.82) is 0 Å². The molecule has 4 rings (SSSR count). The van der Waals surface area contributed by atoms with Crippen LogP contribution in [0.5, 0.6) is 0 Å². The van der Waals surface area contributed by atoms with Crippen LogP contribution in [0.2, 0.25) is 0 Å². The van der Waals surface area contributed by atoms with E-state index in [1.165, 1.54) is 10.4 Å². The summed E-state index contributed by atoms with van der Waals surface area (Å²) in [5.74, 6) is -1.69. The van der Waals surface area contributed by atoms with Crippen LogP contribution in [0.1, 0.15) is 11.1 Å². The van der Waals surface area contributed by atoms with Gasteiger partial charge in [0.25, 0.3) is 11.3 Å². The fourth-order valence-corrected chi connectivity index (χ4v) is 4.28. The lowest BCUT2D eigenvalue weighted by Gasteiger charge is -2.27. The normalized spacial score (nSPS) is 22.5. The molecule has 1 aliphatic heterocycles. The Kier molecular flexibility index (Phi) is 4.83. The van der Waals surface area contributed by atoms with Crippen LogP contribution in [0.15, 0.2) is 79.0 Å². The van der Waals surface area contributed by atoms with E-state index in [4.69, 9.17) is 4.18 Å². The van der Waals surface area contributed by atoms with Gasteiger partial charge in [0, 0.05) is 6.20 Å². The Morgan fingerprint density at radius 2 is 1.63 bits per heavy atom. The highest BCUT2D eigenvalue weighted by Gasteiger charge is 2.45. The molecular weight excluding hydrogens is 362 g/mol. The van der Waals surface area contributed by atoms with Crippen molar-refractivity contribution in [2.45, 2.75) is 12.6 Å². The molecular formula is C21H17NO4S. The third kappa shape index (κ3) is 3.41. The van der Waals surface area contributed by atoms with Crippen LogP contribution in [-0.4, -0.2) is 26.1 Å². The van der Waals surface area contributed by atoms with Crippen LogP contribution in [0.4, 0.5) is 0 Å². The lowest BCUT2D eigenvalue weighted by atomic mass is 9.82. The van der Waals surface area contributed by atoms with Gasteiger partial charge in [-0.15, -0.1) is 0 Å². The van der Waals surface area contributed by atoms with Crippen molar-refractivity contribution >= 4 is 28.4 Å². The maximum absolute atomic E-state index is 12.8. The second-order valence-corrected chi connectivity index (χ2v) is 7.42. The van der Waals surface area contributed by atoms with Gasteiger partial charge in [0.2, 0.25) is 11.6 Å². The maximum atomic E-state index is 12.8. The van der Waals surface area contributed by atoms with Gasteiger partial charge in [0.1, 0.15) is 0 Å². The van der Waals surface area contributed by atoms with Crippen LogP contribution < -0.4 is 0 Å². The van der Waals surface area contributed by atoms with E-state index < -0.39 is 34.8 Å². The average molecular weight is 379 g/mol. The molecule has 2 aromatic rings. The third-order valence-electron chi connectivity index (χ3n) is 4.66. The summed E-state index contributed by atoms with van der Waals surface area (Å²) in [4.78, 5) is 24.4. The van der Waals surface area contributed by atoms with Crippen LogP contribution >= 0.6 is 0 Å². The third-order valence-corrected chi connectivity index (χ3v) is 5.67. The van der Waals surface area contributed by atoms with Crippen molar-refractivity contribution in [3.05, 3.63) is 90.1 Å². The fraction of sp³-hybridized carbons (Fsp3) is 0.143. The largest absolute Gasteiger partial charge is 0.290 e. The molecule has 0 fully saturated rings. The van der Waals surface area contributed by atoms with Gasteiger partial charge in [-0.1, -0.05) is 66.7 Å². The Labute approximate surface area is 159 Å². The SMILES string of the molecule is O=C1C=CC2C(C1=O)C(c1ccccc1)=CN2S(=O)OCc1ccccc1. The van der Waals surface area contributed by atoms with Crippen LogP contribution in [0.25, 0.3) is 5.57 Å². The van der Waals surface area contributed by atoms with Crippen LogP contribution in [0, 0.1) is 5.92 Å². The van der Waals surface area contributed by atoms with Crippen LogP contribution in [0.3, 0.4) is 0 Å². The quantitative estimate of drug-likeness (QED) is 0.750. The number of rotatable bonds is 5. The van der Waals surface area contributed by atoms with Crippen LogP contribution in [-0.2, 0) is 31.6 Å². The summed E-state index contributed by atoms with van der Waals surface area (Å²) in [5.41, 5.74) is 2.41. The second-order valence-electron chi connectivity index (χ2n) is 6.33. The molecule has 0 amide bonds. The minimum Gasteiger partial charge on any atom is -0.290 e. The topological polar surface area (TPSA) is 63.7 Å². The molecule has 3 unspecified atom stereocenters.